The van der Waals surface area contributed by atoms with Crippen LogP contribution >= 0.6 is 11.6 Å². The van der Waals surface area contributed by atoms with Crippen molar-refractivity contribution in [1.29, 1.82) is 0 Å². The van der Waals surface area contributed by atoms with Gasteiger partial charge in [-0.1, -0.05) is 11.6 Å². The van der Waals surface area contributed by atoms with Gasteiger partial charge in [-0.25, -0.2) is 4.39 Å². The summed E-state index contributed by atoms with van der Waals surface area (Å²) in [5, 5.41) is 1.55. The number of rotatable bonds is 2. The third-order valence-electron chi connectivity index (χ3n) is 3.14. The molecule has 0 atom stereocenters. The molecular weight excluding hydrogens is 263 g/mol. The topological polar surface area (TPSA) is 30.9 Å². The van der Waals surface area contributed by atoms with Gasteiger partial charge in [0.15, 0.2) is 0 Å². The summed E-state index contributed by atoms with van der Waals surface area (Å²) in [5.41, 5.74) is 8.37. The van der Waals surface area contributed by atoms with Crippen LogP contribution in [0.3, 0.4) is 0 Å². The number of nitrogens with zero attached hydrogens (tertiary/aromatic N) is 1. The molecule has 3 aromatic rings. The van der Waals surface area contributed by atoms with Crippen LogP contribution in [-0.2, 0) is 6.54 Å². The summed E-state index contributed by atoms with van der Waals surface area (Å²) >= 11 is 6.16. The lowest BCUT2D eigenvalue weighted by Gasteiger charge is -2.08. The molecule has 0 aliphatic heterocycles. The molecule has 0 aliphatic carbocycles. The number of fused-ring (bicyclic) bond motifs is 1. The SMILES string of the molecule is Nc1ccc(Cl)c(Cn2ccc3cc(F)ccc32)c1. The van der Waals surface area contributed by atoms with E-state index in [1.54, 1.807) is 18.2 Å². The first-order chi connectivity index (χ1) is 9.13. The molecule has 0 radical (unpaired) electrons. The van der Waals surface area contributed by atoms with Crippen molar-refractivity contribution in [1.82, 2.24) is 4.57 Å². The van der Waals surface area contributed by atoms with Crippen molar-refractivity contribution >= 4 is 28.2 Å². The van der Waals surface area contributed by atoms with E-state index in [0.29, 0.717) is 17.3 Å². The Hall–Kier alpha value is -2.00. The van der Waals surface area contributed by atoms with E-state index in [2.05, 4.69) is 0 Å². The van der Waals surface area contributed by atoms with Crippen LogP contribution in [0.4, 0.5) is 10.1 Å². The summed E-state index contributed by atoms with van der Waals surface area (Å²) < 4.78 is 15.2. The van der Waals surface area contributed by atoms with Crippen LogP contribution in [0, 0.1) is 5.82 Å². The number of nitrogens with two attached hydrogens (primary N) is 1. The molecule has 19 heavy (non-hydrogen) atoms. The Morgan fingerprint density at radius 1 is 1.11 bits per heavy atom. The molecule has 1 aromatic heterocycles. The molecule has 3 rings (SSSR count). The normalized spacial score (nSPS) is 11.1. The minimum atomic E-state index is -0.229. The van der Waals surface area contributed by atoms with Crippen LogP contribution in [0.2, 0.25) is 5.02 Å². The highest BCUT2D eigenvalue weighted by Gasteiger charge is 2.06. The average molecular weight is 275 g/mol. The molecule has 0 spiro atoms. The highest BCUT2D eigenvalue weighted by molar-refractivity contribution is 6.31. The Bertz CT molecular complexity index is 749. The van der Waals surface area contributed by atoms with Gasteiger partial charge in [-0.15, -0.1) is 0 Å². The van der Waals surface area contributed by atoms with E-state index in [0.717, 1.165) is 16.5 Å². The summed E-state index contributed by atoms with van der Waals surface area (Å²) in [4.78, 5) is 0. The molecule has 0 unspecified atom stereocenters. The Balaban J connectivity index is 2.03. The number of benzene rings is 2. The van der Waals surface area contributed by atoms with Crippen molar-refractivity contribution in [3.63, 3.8) is 0 Å². The van der Waals surface area contributed by atoms with Crippen LogP contribution < -0.4 is 5.73 Å². The van der Waals surface area contributed by atoms with E-state index in [9.17, 15) is 4.39 Å². The lowest BCUT2D eigenvalue weighted by atomic mass is 10.2. The first-order valence-electron chi connectivity index (χ1n) is 5.92. The molecule has 1 heterocycles. The van der Waals surface area contributed by atoms with Crippen LogP contribution in [0.15, 0.2) is 48.7 Å². The summed E-state index contributed by atoms with van der Waals surface area (Å²) in [6.07, 6.45) is 1.92. The Labute approximate surface area is 115 Å². The van der Waals surface area contributed by atoms with Gasteiger partial charge in [0, 0.05) is 34.4 Å². The van der Waals surface area contributed by atoms with E-state index in [1.807, 2.05) is 22.9 Å². The van der Waals surface area contributed by atoms with Crippen LogP contribution in [0.5, 0.6) is 0 Å². The molecule has 2 nitrogen and oxygen atoms in total. The number of anilines is 1. The second-order valence-corrected chi connectivity index (χ2v) is 4.90. The summed E-state index contributed by atoms with van der Waals surface area (Å²) in [5.74, 6) is -0.229. The van der Waals surface area contributed by atoms with Crippen molar-refractivity contribution < 1.29 is 4.39 Å². The molecule has 0 saturated carbocycles. The van der Waals surface area contributed by atoms with Crippen LogP contribution in [0.25, 0.3) is 10.9 Å². The standard InChI is InChI=1S/C15H12ClFN2/c16-14-3-2-13(18)8-11(14)9-19-6-5-10-7-12(17)1-4-15(10)19/h1-8H,9,18H2. The van der Waals surface area contributed by atoms with Gasteiger partial charge < -0.3 is 10.3 Å². The van der Waals surface area contributed by atoms with Crippen molar-refractivity contribution in [3.05, 3.63) is 65.1 Å². The van der Waals surface area contributed by atoms with Crippen molar-refractivity contribution in [2.75, 3.05) is 5.73 Å². The van der Waals surface area contributed by atoms with Crippen molar-refractivity contribution in [2.45, 2.75) is 6.54 Å². The fraction of sp³-hybridized carbons (Fsp3) is 0.0667. The zero-order valence-corrected chi connectivity index (χ0v) is 10.9. The van der Waals surface area contributed by atoms with Crippen LogP contribution in [-0.4, -0.2) is 4.57 Å². The summed E-state index contributed by atoms with van der Waals surface area (Å²) in [6.45, 7) is 0.610. The lowest BCUT2D eigenvalue weighted by molar-refractivity contribution is 0.629. The molecular formula is C15H12ClFN2. The maximum absolute atomic E-state index is 13.1. The molecule has 0 saturated heterocycles. The minimum absolute atomic E-state index is 0.229. The molecule has 0 amide bonds. The zero-order chi connectivity index (χ0) is 13.4. The van der Waals surface area contributed by atoms with E-state index in [-0.39, 0.29) is 5.82 Å². The smallest absolute Gasteiger partial charge is 0.123 e. The quantitative estimate of drug-likeness (QED) is 0.702. The molecule has 96 valence electrons. The minimum Gasteiger partial charge on any atom is -0.399 e. The molecule has 0 fully saturated rings. The third kappa shape index (κ3) is 2.29. The molecule has 2 aromatic carbocycles. The lowest BCUT2D eigenvalue weighted by Crippen LogP contribution is -1.99. The zero-order valence-electron chi connectivity index (χ0n) is 10.1. The molecule has 0 aliphatic rings. The second-order valence-electron chi connectivity index (χ2n) is 4.50. The fourth-order valence-electron chi connectivity index (χ4n) is 2.21. The number of halogens is 2. The maximum Gasteiger partial charge on any atom is 0.123 e. The highest BCUT2D eigenvalue weighted by Crippen LogP contribution is 2.23. The first kappa shape index (κ1) is 12.1. The van der Waals surface area contributed by atoms with Gasteiger partial charge in [-0.3, -0.25) is 0 Å². The first-order valence-corrected chi connectivity index (χ1v) is 6.29. The number of hydrogen-bond acceptors (Lipinski definition) is 1. The average Bonchev–Trinajstić information content (AvgIpc) is 2.76. The molecule has 2 N–H and O–H groups in total. The van der Waals surface area contributed by atoms with Crippen molar-refractivity contribution in [3.8, 4) is 0 Å². The van der Waals surface area contributed by atoms with E-state index >= 15 is 0 Å². The molecule has 4 heteroatoms. The van der Waals surface area contributed by atoms with Gasteiger partial charge in [-0.05, 0) is 48.0 Å². The Morgan fingerprint density at radius 3 is 2.79 bits per heavy atom. The second kappa shape index (κ2) is 4.59. The summed E-state index contributed by atoms with van der Waals surface area (Å²) in [7, 11) is 0. The number of aromatic nitrogens is 1. The van der Waals surface area contributed by atoms with Crippen LogP contribution in [0.1, 0.15) is 5.56 Å². The Morgan fingerprint density at radius 2 is 1.95 bits per heavy atom. The number of nitrogen functional groups attached to an aromatic ring is 1. The molecule has 0 bridgehead atoms. The number of hydrogen-bond donors (Lipinski definition) is 1. The van der Waals surface area contributed by atoms with E-state index < -0.39 is 0 Å². The van der Waals surface area contributed by atoms with Gasteiger partial charge in [0.25, 0.3) is 0 Å². The largest absolute Gasteiger partial charge is 0.399 e. The maximum atomic E-state index is 13.1. The fourth-order valence-corrected chi connectivity index (χ4v) is 2.39. The predicted molar refractivity (Wildman–Crippen MR) is 76.9 cm³/mol. The monoisotopic (exact) mass is 274 g/mol. The van der Waals surface area contributed by atoms with Gasteiger partial charge in [0.1, 0.15) is 5.82 Å². The summed E-state index contributed by atoms with van der Waals surface area (Å²) in [6, 6.07) is 12.1. The third-order valence-corrected chi connectivity index (χ3v) is 3.51. The van der Waals surface area contributed by atoms with Gasteiger partial charge in [-0.2, -0.15) is 0 Å². The van der Waals surface area contributed by atoms with E-state index in [4.69, 9.17) is 17.3 Å². The highest BCUT2D eigenvalue weighted by atomic mass is 35.5. The van der Waals surface area contributed by atoms with E-state index in [1.165, 1.54) is 12.1 Å². The van der Waals surface area contributed by atoms with Gasteiger partial charge in [0.05, 0.1) is 0 Å². The van der Waals surface area contributed by atoms with Gasteiger partial charge >= 0.3 is 0 Å². The van der Waals surface area contributed by atoms with Crippen molar-refractivity contribution in [2.24, 2.45) is 0 Å². The predicted octanol–water partition coefficient (Wildman–Crippen LogP) is 4.06. The Kier molecular flexibility index (Phi) is 2.91. The van der Waals surface area contributed by atoms with Gasteiger partial charge in [0.2, 0.25) is 0 Å².